The van der Waals surface area contributed by atoms with E-state index in [0.29, 0.717) is 18.7 Å². The number of hydrogen-bond donors (Lipinski definition) is 1. The lowest BCUT2D eigenvalue weighted by atomic mass is 10.0. The largest absolute Gasteiger partial charge is 0.508 e. The van der Waals surface area contributed by atoms with Crippen molar-refractivity contribution in [3.63, 3.8) is 0 Å². The fourth-order valence-electron chi connectivity index (χ4n) is 3.55. The molecule has 0 saturated carbocycles. The molecule has 0 aromatic heterocycles. The molecule has 1 unspecified atom stereocenters. The highest BCUT2D eigenvalue weighted by Crippen LogP contribution is 2.23. The molecule has 6 heteroatoms. The van der Waals surface area contributed by atoms with E-state index >= 15 is 0 Å². The Bertz CT molecular complexity index is 789. The van der Waals surface area contributed by atoms with Gasteiger partial charge in [0, 0.05) is 32.7 Å². The molecule has 1 atom stereocenters. The number of carbonyl (C=O) groups excluding carboxylic acids is 1. The first-order chi connectivity index (χ1) is 12.9. The van der Waals surface area contributed by atoms with E-state index in [0.717, 1.165) is 25.2 Å². The molecule has 0 spiro atoms. The van der Waals surface area contributed by atoms with Gasteiger partial charge < -0.3 is 10.0 Å². The molecule has 144 valence electrons. The maximum absolute atomic E-state index is 13.6. The lowest BCUT2D eigenvalue weighted by molar-refractivity contribution is -0.138. The zero-order valence-electron chi connectivity index (χ0n) is 15.8. The number of amides is 1. The van der Waals surface area contributed by atoms with Gasteiger partial charge in [-0.3, -0.25) is 14.6 Å². The van der Waals surface area contributed by atoms with Gasteiger partial charge in [0.2, 0.25) is 5.91 Å². The Morgan fingerprint density at radius 2 is 1.81 bits per heavy atom. The van der Waals surface area contributed by atoms with Crippen molar-refractivity contribution in [1.82, 2.24) is 14.7 Å². The van der Waals surface area contributed by atoms with Crippen molar-refractivity contribution < 1.29 is 14.3 Å². The van der Waals surface area contributed by atoms with Crippen molar-refractivity contribution in [1.29, 1.82) is 0 Å². The summed E-state index contributed by atoms with van der Waals surface area (Å²) in [4.78, 5) is 19.0. The minimum atomic E-state index is -0.488. The minimum absolute atomic E-state index is 0.00241. The van der Waals surface area contributed by atoms with Crippen LogP contribution in [0.1, 0.15) is 17.2 Å². The van der Waals surface area contributed by atoms with E-state index in [9.17, 15) is 14.3 Å². The van der Waals surface area contributed by atoms with Crippen LogP contribution >= 0.6 is 0 Å². The Kier molecular flexibility index (Phi) is 6.08. The number of phenolic OH excluding ortho intramolecular Hbond substituents is 1. The Morgan fingerprint density at radius 3 is 2.44 bits per heavy atom. The second-order valence-corrected chi connectivity index (χ2v) is 7.19. The summed E-state index contributed by atoms with van der Waals surface area (Å²) in [7, 11) is 3.68. The van der Waals surface area contributed by atoms with Crippen LogP contribution in [0.4, 0.5) is 4.39 Å². The molecule has 27 heavy (non-hydrogen) atoms. The van der Waals surface area contributed by atoms with Gasteiger partial charge in [-0.1, -0.05) is 24.3 Å². The number of halogens is 1. The number of carbonyl (C=O) groups is 1. The number of piperazine rings is 1. The van der Waals surface area contributed by atoms with Crippen molar-refractivity contribution in [3.8, 4) is 5.75 Å². The number of benzene rings is 2. The summed E-state index contributed by atoms with van der Waals surface area (Å²) in [6, 6.07) is 13.0. The number of hydrogen-bond acceptors (Lipinski definition) is 4. The van der Waals surface area contributed by atoms with Crippen LogP contribution in [0.2, 0.25) is 0 Å². The number of phenols is 1. The van der Waals surface area contributed by atoms with E-state index in [1.54, 1.807) is 24.3 Å². The number of nitrogens with zero attached hydrogens (tertiary/aromatic N) is 3. The normalized spacial score (nSPS) is 16.5. The van der Waals surface area contributed by atoms with Gasteiger partial charge in [0.1, 0.15) is 17.6 Å². The summed E-state index contributed by atoms with van der Waals surface area (Å²) < 4.78 is 13.6. The molecule has 1 aliphatic heterocycles. The van der Waals surface area contributed by atoms with Crippen LogP contribution in [-0.4, -0.2) is 66.0 Å². The van der Waals surface area contributed by atoms with Crippen molar-refractivity contribution >= 4 is 5.91 Å². The summed E-state index contributed by atoms with van der Waals surface area (Å²) in [5, 5.41) is 9.60. The van der Waals surface area contributed by atoms with Crippen LogP contribution in [-0.2, 0) is 11.3 Å². The first kappa shape index (κ1) is 19.3. The summed E-state index contributed by atoms with van der Waals surface area (Å²) in [5.41, 5.74) is 1.73. The molecular weight excluding hydrogens is 345 g/mol. The lowest BCUT2D eigenvalue weighted by Gasteiger charge is -2.37. The average Bonchev–Trinajstić information content (AvgIpc) is 2.62. The third kappa shape index (κ3) is 4.84. The summed E-state index contributed by atoms with van der Waals surface area (Å²) in [5.74, 6) is -0.0593. The van der Waals surface area contributed by atoms with Crippen LogP contribution in [0, 0.1) is 5.82 Å². The summed E-state index contributed by atoms with van der Waals surface area (Å²) >= 11 is 0. The predicted molar refractivity (Wildman–Crippen MR) is 103 cm³/mol. The highest BCUT2D eigenvalue weighted by atomic mass is 19.1. The molecule has 1 aliphatic rings. The Balaban J connectivity index is 1.63. The quantitative estimate of drug-likeness (QED) is 0.877. The highest BCUT2D eigenvalue weighted by Gasteiger charge is 2.30. The van der Waals surface area contributed by atoms with E-state index in [1.807, 2.05) is 36.0 Å². The van der Waals surface area contributed by atoms with Gasteiger partial charge in [0.15, 0.2) is 0 Å². The van der Waals surface area contributed by atoms with Gasteiger partial charge in [-0.05, 0) is 49.5 Å². The fraction of sp³-hybridized carbons (Fsp3) is 0.381. The Hall–Kier alpha value is -2.44. The zero-order chi connectivity index (χ0) is 19.4. The van der Waals surface area contributed by atoms with E-state index < -0.39 is 6.04 Å². The second-order valence-electron chi connectivity index (χ2n) is 7.19. The first-order valence-corrected chi connectivity index (χ1v) is 9.15. The predicted octanol–water partition coefficient (Wildman–Crippen LogP) is 2.48. The van der Waals surface area contributed by atoms with Gasteiger partial charge >= 0.3 is 0 Å². The SMILES string of the molecule is CN(C)C(C(=O)N1CCN(Cc2cccc(O)c2)CC1)c1cccc(F)c1. The van der Waals surface area contributed by atoms with E-state index in [1.165, 1.54) is 12.1 Å². The van der Waals surface area contributed by atoms with Crippen molar-refractivity contribution in [2.45, 2.75) is 12.6 Å². The molecule has 3 rings (SSSR count). The third-order valence-electron chi connectivity index (χ3n) is 4.92. The molecule has 2 aromatic carbocycles. The van der Waals surface area contributed by atoms with Crippen molar-refractivity contribution in [2.24, 2.45) is 0 Å². The van der Waals surface area contributed by atoms with E-state index in [2.05, 4.69) is 4.90 Å². The topological polar surface area (TPSA) is 47.0 Å². The van der Waals surface area contributed by atoms with Crippen LogP contribution in [0.15, 0.2) is 48.5 Å². The standard InChI is InChI=1S/C21H26FN3O2/c1-23(2)20(17-6-4-7-18(22)14-17)21(27)25-11-9-24(10-12-25)15-16-5-3-8-19(26)13-16/h3-8,13-14,20,26H,9-12,15H2,1-2H3. The molecule has 1 heterocycles. The molecule has 2 aromatic rings. The number of aromatic hydroxyl groups is 1. The highest BCUT2D eigenvalue weighted by molar-refractivity contribution is 5.83. The lowest BCUT2D eigenvalue weighted by Crippen LogP contribution is -2.51. The molecule has 1 amide bonds. The first-order valence-electron chi connectivity index (χ1n) is 9.15. The van der Waals surface area contributed by atoms with Gasteiger partial charge in [0.05, 0.1) is 0 Å². The summed E-state index contributed by atoms with van der Waals surface area (Å²) in [6.45, 7) is 3.56. The maximum Gasteiger partial charge on any atom is 0.244 e. The molecule has 0 aliphatic carbocycles. The monoisotopic (exact) mass is 371 g/mol. The molecule has 5 nitrogen and oxygen atoms in total. The minimum Gasteiger partial charge on any atom is -0.508 e. The maximum atomic E-state index is 13.6. The van der Waals surface area contributed by atoms with E-state index in [4.69, 9.17) is 0 Å². The average molecular weight is 371 g/mol. The third-order valence-corrected chi connectivity index (χ3v) is 4.92. The summed E-state index contributed by atoms with van der Waals surface area (Å²) in [6.07, 6.45) is 0. The van der Waals surface area contributed by atoms with Crippen LogP contribution in [0.25, 0.3) is 0 Å². The molecule has 1 fully saturated rings. The number of rotatable bonds is 5. The fourth-order valence-corrected chi connectivity index (χ4v) is 3.55. The van der Waals surface area contributed by atoms with Gasteiger partial charge in [-0.15, -0.1) is 0 Å². The van der Waals surface area contributed by atoms with Crippen LogP contribution in [0.5, 0.6) is 5.75 Å². The molecular formula is C21H26FN3O2. The smallest absolute Gasteiger partial charge is 0.244 e. The molecule has 0 bridgehead atoms. The Labute approximate surface area is 159 Å². The van der Waals surface area contributed by atoms with Gasteiger partial charge in [-0.2, -0.15) is 0 Å². The van der Waals surface area contributed by atoms with Crippen LogP contribution in [0.3, 0.4) is 0 Å². The second kappa shape index (κ2) is 8.50. The van der Waals surface area contributed by atoms with Crippen LogP contribution < -0.4 is 0 Å². The molecule has 0 radical (unpaired) electrons. The Morgan fingerprint density at radius 1 is 1.11 bits per heavy atom. The number of likely N-dealkylation sites (N-methyl/N-ethyl adjacent to an activating group) is 1. The molecule has 1 N–H and O–H groups in total. The van der Waals surface area contributed by atoms with Gasteiger partial charge in [-0.25, -0.2) is 4.39 Å². The molecule has 1 saturated heterocycles. The van der Waals surface area contributed by atoms with Crippen molar-refractivity contribution in [2.75, 3.05) is 40.3 Å². The zero-order valence-corrected chi connectivity index (χ0v) is 15.8. The van der Waals surface area contributed by atoms with Gasteiger partial charge in [0.25, 0.3) is 0 Å². The van der Waals surface area contributed by atoms with Crippen molar-refractivity contribution in [3.05, 3.63) is 65.5 Å². The van der Waals surface area contributed by atoms with E-state index in [-0.39, 0.29) is 17.5 Å².